The van der Waals surface area contributed by atoms with Crippen molar-refractivity contribution in [2.24, 2.45) is 0 Å². The number of rotatable bonds is 5. The summed E-state index contributed by atoms with van der Waals surface area (Å²) < 4.78 is 5.23. The maximum absolute atomic E-state index is 5.23. The molecule has 1 aromatic heterocycles. The summed E-state index contributed by atoms with van der Waals surface area (Å²) in [7, 11) is 5.37. The van der Waals surface area contributed by atoms with Gasteiger partial charge < -0.3 is 9.64 Å². The first-order chi connectivity index (χ1) is 8.60. The number of anilines is 1. The number of hydrogen-bond donors (Lipinski definition) is 0. The predicted molar refractivity (Wildman–Crippen MR) is 75.9 cm³/mol. The van der Waals surface area contributed by atoms with Crippen LogP contribution in [0.1, 0.15) is 12.6 Å². The second-order valence-corrected chi connectivity index (χ2v) is 3.89. The summed E-state index contributed by atoms with van der Waals surface area (Å²) in [5, 5.41) is 0. The van der Waals surface area contributed by atoms with Gasteiger partial charge in [0.1, 0.15) is 0 Å². The Bertz CT molecular complexity index is 476. The van der Waals surface area contributed by atoms with E-state index in [2.05, 4.69) is 16.5 Å². The van der Waals surface area contributed by atoms with E-state index in [-0.39, 0.29) is 0 Å². The maximum Gasteiger partial charge on any atom is 0.257 e. The summed E-state index contributed by atoms with van der Waals surface area (Å²) in [6.45, 7) is 5.91. The largest absolute Gasteiger partial charge is 0.478 e. The lowest BCUT2D eigenvalue weighted by molar-refractivity contribution is 0.396. The molecular formula is C14H19N3O. The highest BCUT2D eigenvalue weighted by atomic mass is 16.5. The third kappa shape index (κ3) is 3.45. The minimum Gasteiger partial charge on any atom is -0.478 e. The van der Waals surface area contributed by atoms with Crippen LogP contribution in [0.2, 0.25) is 0 Å². The van der Waals surface area contributed by atoms with Crippen LogP contribution >= 0.6 is 0 Å². The molecular weight excluding hydrogens is 226 g/mol. The van der Waals surface area contributed by atoms with Gasteiger partial charge >= 0.3 is 0 Å². The molecule has 96 valence electrons. The zero-order valence-corrected chi connectivity index (χ0v) is 11.3. The summed E-state index contributed by atoms with van der Waals surface area (Å²) in [5.74, 6) is 1.20. The molecule has 0 unspecified atom stereocenters. The van der Waals surface area contributed by atoms with Gasteiger partial charge in [0, 0.05) is 14.1 Å². The van der Waals surface area contributed by atoms with Crippen molar-refractivity contribution in [1.82, 2.24) is 9.97 Å². The van der Waals surface area contributed by atoms with Gasteiger partial charge in [0.25, 0.3) is 5.88 Å². The molecule has 0 aliphatic heterocycles. The second kappa shape index (κ2) is 6.59. The number of ether oxygens (including phenoxy) is 1. The van der Waals surface area contributed by atoms with Crippen LogP contribution in [-0.2, 0) is 0 Å². The van der Waals surface area contributed by atoms with Crippen LogP contribution in [0.4, 0.5) is 5.82 Å². The first kappa shape index (κ1) is 14.0. The standard InChI is InChI=1S/C14H19N3O/c1-6-7-8-9-11(2)12-10-15-13(17(3)4)14(16-12)18-5/h6-10H,2H2,1,3-5H3/b7-6-,9-8-. The van der Waals surface area contributed by atoms with E-state index in [1.807, 2.05) is 50.2 Å². The molecule has 18 heavy (non-hydrogen) atoms. The Labute approximate surface area is 108 Å². The van der Waals surface area contributed by atoms with E-state index in [9.17, 15) is 0 Å². The maximum atomic E-state index is 5.23. The number of nitrogens with zero attached hydrogens (tertiary/aromatic N) is 3. The van der Waals surface area contributed by atoms with E-state index in [0.29, 0.717) is 17.4 Å². The van der Waals surface area contributed by atoms with Gasteiger partial charge in [0.15, 0.2) is 5.82 Å². The fourth-order valence-corrected chi connectivity index (χ4v) is 1.33. The molecule has 0 aliphatic carbocycles. The van der Waals surface area contributed by atoms with Crippen LogP contribution in [0.25, 0.3) is 5.57 Å². The lowest BCUT2D eigenvalue weighted by Crippen LogP contribution is -2.13. The minimum atomic E-state index is 0.498. The highest BCUT2D eigenvalue weighted by Gasteiger charge is 2.10. The van der Waals surface area contributed by atoms with Crippen molar-refractivity contribution in [2.45, 2.75) is 6.92 Å². The normalized spacial score (nSPS) is 11.1. The number of methoxy groups -OCH3 is 1. The summed E-state index contributed by atoms with van der Waals surface area (Å²) >= 11 is 0. The Morgan fingerprint density at radius 3 is 2.67 bits per heavy atom. The van der Waals surface area contributed by atoms with Crippen molar-refractivity contribution in [1.29, 1.82) is 0 Å². The van der Waals surface area contributed by atoms with E-state index < -0.39 is 0 Å². The quantitative estimate of drug-likeness (QED) is 0.748. The molecule has 4 heteroatoms. The molecule has 1 heterocycles. The van der Waals surface area contributed by atoms with Gasteiger partial charge in [0.05, 0.1) is 19.0 Å². The molecule has 0 saturated heterocycles. The Kier molecular flexibility index (Phi) is 5.11. The molecule has 0 atom stereocenters. The smallest absolute Gasteiger partial charge is 0.257 e. The second-order valence-electron chi connectivity index (χ2n) is 3.89. The molecule has 0 fully saturated rings. The third-order valence-electron chi connectivity index (χ3n) is 2.27. The van der Waals surface area contributed by atoms with Crippen LogP contribution in [0.5, 0.6) is 5.88 Å². The van der Waals surface area contributed by atoms with Gasteiger partial charge in [-0.1, -0.05) is 30.9 Å². The molecule has 0 aliphatic rings. The van der Waals surface area contributed by atoms with E-state index in [0.717, 1.165) is 5.57 Å². The van der Waals surface area contributed by atoms with Crippen molar-refractivity contribution in [2.75, 3.05) is 26.1 Å². The Morgan fingerprint density at radius 2 is 2.11 bits per heavy atom. The zero-order valence-electron chi connectivity index (χ0n) is 11.3. The first-order valence-electron chi connectivity index (χ1n) is 5.67. The number of allylic oxidation sites excluding steroid dienone is 5. The van der Waals surface area contributed by atoms with Gasteiger partial charge in [-0.15, -0.1) is 0 Å². The summed E-state index contributed by atoms with van der Waals surface area (Å²) in [5.41, 5.74) is 1.50. The molecule has 0 amide bonds. The van der Waals surface area contributed by atoms with Gasteiger partial charge in [-0.05, 0) is 12.5 Å². The molecule has 0 saturated carbocycles. The van der Waals surface area contributed by atoms with Crippen molar-refractivity contribution >= 4 is 11.4 Å². The minimum absolute atomic E-state index is 0.498. The topological polar surface area (TPSA) is 38.2 Å². The lowest BCUT2D eigenvalue weighted by Gasteiger charge is -2.14. The molecule has 0 bridgehead atoms. The molecule has 0 N–H and O–H groups in total. The summed E-state index contributed by atoms with van der Waals surface area (Å²) in [4.78, 5) is 10.6. The Balaban J connectivity index is 3.02. The van der Waals surface area contributed by atoms with Crippen molar-refractivity contribution in [3.05, 3.63) is 42.8 Å². The van der Waals surface area contributed by atoms with Crippen molar-refractivity contribution < 1.29 is 4.74 Å². The van der Waals surface area contributed by atoms with Gasteiger partial charge in [-0.3, -0.25) is 0 Å². The first-order valence-corrected chi connectivity index (χ1v) is 5.67. The SMILES string of the molecule is C=C(/C=C\C=C/C)c1cnc(N(C)C)c(OC)n1. The van der Waals surface area contributed by atoms with Crippen LogP contribution in [0.3, 0.4) is 0 Å². The molecule has 0 spiro atoms. The van der Waals surface area contributed by atoms with Crippen molar-refractivity contribution in [3.8, 4) is 5.88 Å². The monoisotopic (exact) mass is 245 g/mol. The fourth-order valence-electron chi connectivity index (χ4n) is 1.33. The molecule has 4 nitrogen and oxygen atoms in total. The van der Waals surface area contributed by atoms with Gasteiger partial charge in [-0.25, -0.2) is 9.97 Å². The summed E-state index contributed by atoms with van der Waals surface area (Å²) in [6, 6.07) is 0. The summed E-state index contributed by atoms with van der Waals surface area (Å²) in [6.07, 6.45) is 9.38. The lowest BCUT2D eigenvalue weighted by atomic mass is 10.2. The Hall–Kier alpha value is -2.10. The third-order valence-corrected chi connectivity index (χ3v) is 2.27. The van der Waals surface area contributed by atoms with Crippen LogP contribution in [0, 0.1) is 0 Å². The van der Waals surface area contributed by atoms with E-state index in [1.165, 1.54) is 0 Å². The molecule has 0 aromatic carbocycles. The number of aromatic nitrogens is 2. The van der Waals surface area contributed by atoms with E-state index >= 15 is 0 Å². The molecule has 1 rings (SSSR count). The van der Waals surface area contributed by atoms with Crippen molar-refractivity contribution in [3.63, 3.8) is 0 Å². The highest BCUT2D eigenvalue weighted by molar-refractivity contribution is 5.70. The Morgan fingerprint density at radius 1 is 1.39 bits per heavy atom. The van der Waals surface area contributed by atoms with Crippen LogP contribution in [0.15, 0.2) is 37.1 Å². The van der Waals surface area contributed by atoms with Crippen LogP contribution < -0.4 is 9.64 Å². The number of hydrogen-bond acceptors (Lipinski definition) is 4. The molecule has 0 radical (unpaired) electrons. The van der Waals surface area contributed by atoms with Gasteiger partial charge in [-0.2, -0.15) is 0 Å². The highest BCUT2D eigenvalue weighted by Crippen LogP contribution is 2.23. The van der Waals surface area contributed by atoms with Crippen LogP contribution in [-0.4, -0.2) is 31.2 Å². The van der Waals surface area contributed by atoms with E-state index in [4.69, 9.17) is 4.74 Å². The fraction of sp³-hybridized carbons (Fsp3) is 0.286. The average Bonchev–Trinajstić information content (AvgIpc) is 2.37. The van der Waals surface area contributed by atoms with Gasteiger partial charge in [0.2, 0.25) is 0 Å². The molecule has 1 aromatic rings. The average molecular weight is 245 g/mol. The predicted octanol–water partition coefficient (Wildman–Crippen LogP) is 2.70. The van der Waals surface area contributed by atoms with E-state index in [1.54, 1.807) is 13.3 Å². The zero-order chi connectivity index (χ0) is 13.5.